The first-order valence-electron chi connectivity index (χ1n) is 10.6. The monoisotopic (exact) mass is 378 g/mol. The van der Waals surface area contributed by atoms with Gasteiger partial charge in [0.05, 0.1) is 0 Å². The predicted molar refractivity (Wildman–Crippen MR) is 113 cm³/mol. The van der Waals surface area contributed by atoms with Crippen LogP contribution in [0.2, 0.25) is 0 Å². The number of anilines is 1. The summed E-state index contributed by atoms with van der Waals surface area (Å²) >= 11 is 0. The molecule has 0 radical (unpaired) electrons. The van der Waals surface area contributed by atoms with Gasteiger partial charge in [0, 0.05) is 24.8 Å². The molecule has 0 aromatic heterocycles. The second kappa shape index (κ2) is 8.68. The molecule has 148 valence electrons. The molecule has 1 heterocycles. The molecule has 2 aliphatic rings. The van der Waals surface area contributed by atoms with E-state index in [0.29, 0.717) is 12.6 Å². The van der Waals surface area contributed by atoms with Crippen LogP contribution in [0.3, 0.4) is 0 Å². The van der Waals surface area contributed by atoms with Crippen molar-refractivity contribution in [3.8, 4) is 5.75 Å². The highest BCUT2D eigenvalue weighted by atomic mass is 16.5. The summed E-state index contributed by atoms with van der Waals surface area (Å²) < 4.78 is 5.71. The summed E-state index contributed by atoms with van der Waals surface area (Å²) in [6.45, 7) is 3.99. The third-order valence-electron chi connectivity index (χ3n) is 5.94. The van der Waals surface area contributed by atoms with Gasteiger partial charge in [0.25, 0.3) is 5.91 Å². The van der Waals surface area contributed by atoms with Crippen LogP contribution in [0.1, 0.15) is 42.9 Å². The number of amides is 1. The molecule has 4 rings (SSSR count). The first kappa shape index (κ1) is 18.9. The zero-order valence-corrected chi connectivity index (χ0v) is 16.7. The van der Waals surface area contributed by atoms with Crippen LogP contribution in [0, 0.1) is 0 Å². The number of hydrogen-bond acceptors (Lipinski definition) is 3. The van der Waals surface area contributed by atoms with Crippen LogP contribution in [0.4, 0.5) is 5.69 Å². The molecule has 2 aromatic rings. The van der Waals surface area contributed by atoms with E-state index in [4.69, 9.17) is 4.74 Å². The smallest absolute Gasteiger partial charge is 0.257 e. The Morgan fingerprint density at radius 2 is 1.93 bits per heavy atom. The molecule has 2 aromatic carbocycles. The van der Waals surface area contributed by atoms with Gasteiger partial charge in [-0.3, -0.25) is 4.79 Å². The lowest BCUT2D eigenvalue weighted by Crippen LogP contribution is -2.34. The topological polar surface area (TPSA) is 41.6 Å². The molecular weight excluding hydrogens is 348 g/mol. The summed E-state index contributed by atoms with van der Waals surface area (Å²) in [5.74, 6) is 0.755. The van der Waals surface area contributed by atoms with Gasteiger partial charge in [0.2, 0.25) is 0 Å². The number of rotatable bonds is 7. The summed E-state index contributed by atoms with van der Waals surface area (Å²) in [4.78, 5) is 14.6. The molecule has 0 unspecified atom stereocenters. The standard InChI is InChI=1S/C24H30N2O2/c1-18-15-21-9-4-5-10-23(21)26(18)14-6-13-25-24(27)17-28-22-12-11-19-7-2-3-8-20(19)16-22/h4-5,9-12,16,18H,2-3,6-8,13-15,17H2,1H3,(H,25,27)/t18-/m1/s1. The summed E-state index contributed by atoms with van der Waals surface area (Å²) in [6, 6.07) is 15.4. The Morgan fingerprint density at radius 1 is 1.11 bits per heavy atom. The van der Waals surface area contributed by atoms with Gasteiger partial charge in [-0.1, -0.05) is 24.3 Å². The maximum Gasteiger partial charge on any atom is 0.257 e. The summed E-state index contributed by atoms with van der Waals surface area (Å²) in [5.41, 5.74) is 5.58. The number of hydrogen-bond donors (Lipinski definition) is 1. The number of ether oxygens (including phenoxy) is 1. The lowest BCUT2D eigenvalue weighted by molar-refractivity contribution is -0.123. The number of para-hydroxylation sites is 1. The maximum absolute atomic E-state index is 12.1. The third-order valence-corrected chi connectivity index (χ3v) is 5.94. The minimum atomic E-state index is -0.0485. The molecule has 1 aliphatic heterocycles. The van der Waals surface area contributed by atoms with Crippen molar-refractivity contribution >= 4 is 11.6 Å². The van der Waals surface area contributed by atoms with Gasteiger partial charge in [0.1, 0.15) is 5.75 Å². The van der Waals surface area contributed by atoms with Crippen LogP contribution >= 0.6 is 0 Å². The van der Waals surface area contributed by atoms with Crippen molar-refractivity contribution in [3.05, 3.63) is 59.2 Å². The number of benzene rings is 2. The number of nitrogens with one attached hydrogen (secondary N) is 1. The number of nitrogens with zero attached hydrogens (tertiary/aromatic N) is 1. The summed E-state index contributed by atoms with van der Waals surface area (Å²) in [6.07, 6.45) is 6.85. The first-order chi connectivity index (χ1) is 13.7. The van der Waals surface area contributed by atoms with Gasteiger partial charge in [-0.2, -0.15) is 0 Å². The molecule has 0 spiro atoms. The van der Waals surface area contributed by atoms with E-state index < -0.39 is 0 Å². The highest BCUT2D eigenvalue weighted by Gasteiger charge is 2.24. The third kappa shape index (κ3) is 4.32. The first-order valence-corrected chi connectivity index (χ1v) is 10.6. The van der Waals surface area contributed by atoms with Gasteiger partial charge < -0.3 is 15.0 Å². The lowest BCUT2D eigenvalue weighted by Gasteiger charge is -2.24. The Labute approximate surface area is 167 Å². The van der Waals surface area contributed by atoms with E-state index >= 15 is 0 Å². The zero-order chi connectivity index (χ0) is 19.3. The summed E-state index contributed by atoms with van der Waals surface area (Å²) in [5, 5.41) is 2.99. The molecule has 0 fully saturated rings. The fraction of sp³-hybridized carbons (Fsp3) is 0.458. The van der Waals surface area contributed by atoms with Crippen LogP contribution < -0.4 is 15.0 Å². The molecule has 0 bridgehead atoms. The van der Waals surface area contributed by atoms with Crippen molar-refractivity contribution in [3.63, 3.8) is 0 Å². The highest BCUT2D eigenvalue weighted by molar-refractivity contribution is 5.77. The maximum atomic E-state index is 12.1. The number of carbonyl (C=O) groups is 1. The Bertz CT molecular complexity index is 833. The highest BCUT2D eigenvalue weighted by Crippen LogP contribution is 2.31. The SMILES string of the molecule is C[C@@H]1Cc2ccccc2N1CCCNC(=O)COc1ccc2c(c1)CCCC2. The largest absolute Gasteiger partial charge is 0.484 e. The van der Waals surface area contributed by atoms with Crippen molar-refractivity contribution in [1.29, 1.82) is 0 Å². The van der Waals surface area contributed by atoms with Gasteiger partial charge in [-0.05, 0) is 80.3 Å². The molecule has 4 nitrogen and oxygen atoms in total. The quantitative estimate of drug-likeness (QED) is 0.743. The van der Waals surface area contributed by atoms with Gasteiger partial charge in [-0.15, -0.1) is 0 Å². The van der Waals surface area contributed by atoms with Crippen LogP contribution in [-0.2, 0) is 24.1 Å². The van der Waals surface area contributed by atoms with Crippen molar-refractivity contribution in [1.82, 2.24) is 5.32 Å². The lowest BCUT2D eigenvalue weighted by atomic mass is 9.92. The predicted octanol–water partition coefficient (Wildman–Crippen LogP) is 3.90. The van der Waals surface area contributed by atoms with E-state index in [1.54, 1.807) is 0 Å². The van der Waals surface area contributed by atoms with Crippen LogP contribution in [-0.4, -0.2) is 31.6 Å². The van der Waals surface area contributed by atoms with Crippen LogP contribution in [0.25, 0.3) is 0 Å². The second-order valence-corrected chi connectivity index (χ2v) is 8.01. The molecular formula is C24H30N2O2. The molecule has 1 amide bonds. The van der Waals surface area contributed by atoms with Gasteiger partial charge in [-0.25, -0.2) is 0 Å². The average molecular weight is 379 g/mol. The molecule has 4 heteroatoms. The number of carbonyl (C=O) groups excluding carboxylic acids is 1. The molecule has 1 atom stereocenters. The average Bonchev–Trinajstić information content (AvgIpc) is 3.04. The van der Waals surface area contributed by atoms with Crippen LogP contribution in [0.5, 0.6) is 5.75 Å². The fourth-order valence-corrected chi connectivity index (χ4v) is 4.45. The molecule has 0 saturated heterocycles. The van der Waals surface area contributed by atoms with Crippen molar-refractivity contribution in [2.45, 2.75) is 51.5 Å². The zero-order valence-electron chi connectivity index (χ0n) is 16.7. The van der Waals surface area contributed by atoms with Crippen molar-refractivity contribution < 1.29 is 9.53 Å². The Morgan fingerprint density at radius 3 is 2.82 bits per heavy atom. The van der Waals surface area contributed by atoms with E-state index in [2.05, 4.69) is 53.5 Å². The Kier molecular flexibility index (Phi) is 5.84. The molecule has 1 N–H and O–H groups in total. The minimum Gasteiger partial charge on any atom is -0.484 e. The Hall–Kier alpha value is -2.49. The van der Waals surface area contributed by atoms with E-state index in [1.165, 1.54) is 35.2 Å². The molecule has 28 heavy (non-hydrogen) atoms. The van der Waals surface area contributed by atoms with Crippen LogP contribution in [0.15, 0.2) is 42.5 Å². The van der Waals surface area contributed by atoms with Crippen molar-refractivity contribution in [2.24, 2.45) is 0 Å². The van der Waals surface area contributed by atoms with E-state index in [-0.39, 0.29) is 12.5 Å². The summed E-state index contributed by atoms with van der Waals surface area (Å²) in [7, 11) is 0. The fourth-order valence-electron chi connectivity index (χ4n) is 4.45. The minimum absolute atomic E-state index is 0.0485. The van der Waals surface area contributed by atoms with Crippen molar-refractivity contribution in [2.75, 3.05) is 24.6 Å². The molecule has 1 aliphatic carbocycles. The van der Waals surface area contributed by atoms with Gasteiger partial charge >= 0.3 is 0 Å². The number of aryl methyl sites for hydroxylation is 2. The van der Waals surface area contributed by atoms with E-state index in [1.807, 2.05) is 6.07 Å². The number of fused-ring (bicyclic) bond motifs is 2. The van der Waals surface area contributed by atoms with E-state index in [0.717, 1.165) is 38.0 Å². The second-order valence-electron chi connectivity index (χ2n) is 8.01. The normalized spacial score (nSPS) is 17.8. The van der Waals surface area contributed by atoms with E-state index in [9.17, 15) is 4.79 Å². The Balaban J connectivity index is 1.18. The molecule has 0 saturated carbocycles. The van der Waals surface area contributed by atoms with Gasteiger partial charge in [0.15, 0.2) is 6.61 Å².